The Kier molecular flexibility index (Phi) is 4.63. The van der Waals surface area contributed by atoms with Crippen LogP contribution in [0.3, 0.4) is 0 Å². The number of halogens is 2. The van der Waals surface area contributed by atoms with Gasteiger partial charge in [0.25, 0.3) is 0 Å². The van der Waals surface area contributed by atoms with E-state index in [1.54, 1.807) is 4.90 Å². The standard InChI is InChI=1S/C19H20BrClN2O4/c1-19(2,3)26-18(24)23-5-4-14-12(9-23)17(27-22-14)15-7-10-6-11(21)8-13(20)16(10)25-15/h6,8,15H,4-5,7,9H2,1-3H3. The molecule has 2 aliphatic heterocycles. The number of rotatable bonds is 1. The zero-order valence-corrected chi connectivity index (χ0v) is 17.7. The average Bonchev–Trinajstić information content (AvgIpc) is 3.16. The maximum atomic E-state index is 12.4. The lowest BCUT2D eigenvalue weighted by Gasteiger charge is -2.29. The van der Waals surface area contributed by atoms with E-state index < -0.39 is 5.60 Å². The minimum Gasteiger partial charge on any atom is -0.481 e. The Labute approximate surface area is 170 Å². The Morgan fingerprint density at radius 3 is 2.93 bits per heavy atom. The molecule has 3 heterocycles. The second kappa shape index (κ2) is 6.71. The Morgan fingerprint density at radius 1 is 1.41 bits per heavy atom. The van der Waals surface area contributed by atoms with Gasteiger partial charge in [-0.3, -0.25) is 0 Å². The summed E-state index contributed by atoms with van der Waals surface area (Å²) in [6, 6.07) is 3.71. The molecule has 27 heavy (non-hydrogen) atoms. The van der Waals surface area contributed by atoms with E-state index in [9.17, 15) is 4.79 Å². The number of benzene rings is 1. The SMILES string of the molecule is CC(C)(C)OC(=O)N1CCc2noc(C3Cc4cc(Cl)cc(Br)c4O3)c2C1. The summed E-state index contributed by atoms with van der Waals surface area (Å²) in [5.41, 5.74) is 2.27. The van der Waals surface area contributed by atoms with E-state index in [2.05, 4.69) is 21.1 Å². The van der Waals surface area contributed by atoms with Gasteiger partial charge in [-0.15, -0.1) is 0 Å². The highest BCUT2D eigenvalue weighted by atomic mass is 79.9. The molecule has 0 fully saturated rings. The van der Waals surface area contributed by atoms with Crippen LogP contribution in [0.2, 0.25) is 5.02 Å². The van der Waals surface area contributed by atoms with Crippen LogP contribution in [0.5, 0.6) is 5.75 Å². The van der Waals surface area contributed by atoms with E-state index in [1.807, 2.05) is 32.9 Å². The molecule has 0 spiro atoms. The molecule has 4 rings (SSSR count). The van der Waals surface area contributed by atoms with Gasteiger partial charge < -0.3 is 18.9 Å². The molecule has 0 saturated carbocycles. The van der Waals surface area contributed by atoms with Crippen molar-refractivity contribution in [3.05, 3.63) is 44.2 Å². The predicted octanol–water partition coefficient (Wildman–Crippen LogP) is 5.06. The van der Waals surface area contributed by atoms with Gasteiger partial charge in [-0.25, -0.2) is 4.79 Å². The Hall–Kier alpha value is -1.73. The van der Waals surface area contributed by atoms with Crippen LogP contribution in [-0.4, -0.2) is 28.3 Å². The third-order valence-electron chi connectivity index (χ3n) is 4.56. The van der Waals surface area contributed by atoms with Crippen LogP contribution in [-0.2, 0) is 24.1 Å². The van der Waals surface area contributed by atoms with Crippen molar-refractivity contribution in [2.24, 2.45) is 0 Å². The van der Waals surface area contributed by atoms with Gasteiger partial charge >= 0.3 is 6.09 Å². The summed E-state index contributed by atoms with van der Waals surface area (Å²) in [5, 5.41) is 4.85. The molecular weight excluding hydrogens is 436 g/mol. The molecule has 144 valence electrons. The van der Waals surface area contributed by atoms with Crippen molar-refractivity contribution in [2.45, 2.75) is 51.9 Å². The van der Waals surface area contributed by atoms with Crippen molar-refractivity contribution in [3.63, 3.8) is 0 Å². The first-order chi connectivity index (χ1) is 12.7. The lowest BCUT2D eigenvalue weighted by Crippen LogP contribution is -2.40. The predicted molar refractivity (Wildman–Crippen MR) is 103 cm³/mol. The molecule has 1 aromatic carbocycles. The highest BCUT2D eigenvalue weighted by Gasteiger charge is 2.36. The van der Waals surface area contributed by atoms with E-state index in [-0.39, 0.29) is 12.2 Å². The van der Waals surface area contributed by atoms with Crippen molar-refractivity contribution >= 4 is 33.6 Å². The highest BCUT2D eigenvalue weighted by molar-refractivity contribution is 9.10. The van der Waals surface area contributed by atoms with Crippen molar-refractivity contribution < 1.29 is 18.8 Å². The van der Waals surface area contributed by atoms with Crippen molar-refractivity contribution in [1.29, 1.82) is 0 Å². The van der Waals surface area contributed by atoms with Crippen molar-refractivity contribution in [3.8, 4) is 5.75 Å². The fourth-order valence-corrected chi connectivity index (χ4v) is 4.36. The largest absolute Gasteiger partial charge is 0.481 e. The lowest BCUT2D eigenvalue weighted by molar-refractivity contribution is 0.0221. The smallest absolute Gasteiger partial charge is 0.410 e. The van der Waals surface area contributed by atoms with Gasteiger partial charge in [0, 0.05) is 35.5 Å². The number of carbonyl (C=O) groups excluding carboxylic acids is 1. The summed E-state index contributed by atoms with van der Waals surface area (Å²) >= 11 is 9.64. The van der Waals surface area contributed by atoms with Crippen LogP contribution in [0.4, 0.5) is 4.79 Å². The van der Waals surface area contributed by atoms with Gasteiger partial charge in [-0.05, 0) is 48.8 Å². The minimum atomic E-state index is -0.531. The Balaban J connectivity index is 1.56. The lowest BCUT2D eigenvalue weighted by atomic mass is 10.0. The molecule has 8 heteroatoms. The van der Waals surface area contributed by atoms with Gasteiger partial charge in [0.1, 0.15) is 11.4 Å². The quantitative estimate of drug-likeness (QED) is 0.601. The first kappa shape index (κ1) is 18.6. The molecule has 2 aromatic rings. The topological polar surface area (TPSA) is 64.8 Å². The summed E-state index contributed by atoms with van der Waals surface area (Å²) in [7, 11) is 0. The number of fused-ring (bicyclic) bond motifs is 2. The third-order valence-corrected chi connectivity index (χ3v) is 5.37. The van der Waals surface area contributed by atoms with Crippen LogP contribution in [0.25, 0.3) is 0 Å². The zero-order chi connectivity index (χ0) is 19.3. The van der Waals surface area contributed by atoms with Crippen LogP contribution in [0, 0.1) is 0 Å². The molecule has 1 amide bonds. The number of amides is 1. The Morgan fingerprint density at radius 2 is 2.19 bits per heavy atom. The molecular formula is C19H20BrClN2O4. The van der Waals surface area contributed by atoms with Crippen LogP contribution in [0.1, 0.15) is 49.5 Å². The summed E-state index contributed by atoms with van der Waals surface area (Å²) in [6.07, 6.45) is 0.658. The van der Waals surface area contributed by atoms with Gasteiger partial charge in [-0.2, -0.15) is 0 Å². The summed E-state index contributed by atoms with van der Waals surface area (Å²) < 4.78 is 18.0. The number of nitrogens with zero attached hydrogens (tertiary/aromatic N) is 2. The number of hydrogen-bond acceptors (Lipinski definition) is 5. The number of carbonyl (C=O) groups is 1. The molecule has 0 saturated heterocycles. The first-order valence-electron chi connectivity index (χ1n) is 8.81. The fourth-order valence-electron chi connectivity index (χ4n) is 3.40. The molecule has 0 aliphatic carbocycles. The second-order valence-corrected chi connectivity index (χ2v) is 9.10. The summed E-state index contributed by atoms with van der Waals surface area (Å²) in [5.74, 6) is 1.44. The van der Waals surface area contributed by atoms with E-state index in [1.165, 1.54) is 0 Å². The van der Waals surface area contributed by atoms with Crippen molar-refractivity contribution in [2.75, 3.05) is 6.54 Å². The van der Waals surface area contributed by atoms with Gasteiger partial charge in [0.2, 0.25) is 0 Å². The molecule has 0 bridgehead atoms. The minimum absolute atomic E-state index is 0.287. The Bertz CT molecular complexity index is 906. The highest BCUT2D eigenvalue weighted by Crippen LogP contribution is 2.44. The number of ether oxygens (including phenoxy) is 2. The summed E-state index contributed by atoms with van der Waals surface area (Å²) in [4.78, 5) is 14.1. The first-order valence-corrected chi connectivity index (χ1v) is 9.98. The summed E-state index contributed by atoms with van der Waals surface area (Å²) in [6.45, 7) is 6.54. The molecule has 6 nitrogen and oxygen atoms in total. The van der Waals surface area contributed by atoms with Crippen LogP contribution >= 0.6 is 27.5 Å². The molecule has 2 aliphatic rings. The molecule has 1 aromatic heterocycles. The van der Waals surface area contributed by atoms with Crippen LogP contribution < -0.4 is 4.74 Å². The van der Waals surface area contributed by atoms with Crippen LogP contribution in [0.15, 0.2) is 21.1 Å². The molecule has 0 radical (unpaired) electrons. The van der Waals surface area contributed by atoms with E-state index >= 15 is 0 Å². The zero-order valence-electron chi connectivity index (χ0n) is 15.3. The van der Waals surface area contributed by atoms with Gasteiger partial charge in [0.05, 0.1) is 16.7 Å². The molecule has 1 unspecified atom stereocenters. The maximum absolute atomic E-state index is 12.4. The number of hydrogen-bond donors (Lipinski definition) is 0. The maximum Gasteiger partial charge on any atom is 0.410 e. The van der Waals surface area contributed by atoms with Gasteiger partial charge in [0.15, 0.2) is 11.9 Å². The average molecular weight is 456 g/mol. The fraction of sp³-hybridized carbons (Fsp3) is 0.474. The number of aromatic nitrogens is 1. The van der Waals surface area contributed by atoms with E-state index in [0.717, 1.165) is 27.0 Å². The molecule has 0 N–H and O–H groups in total. The van der Waals surface area contributed by atoms with Crippen molar-refractivity contribution in [1.82, 2.24) is 10.1 Å². The van der Waals surface area contributed by atoms with E-state index in [4.69, 9.17) is 25.6 Å². The molecule has 1 atom stereocenters. The van der Waals surface area contributed by atoms with Gasteiger partial charge in [-0.1, -0.05) is 16.8 Å². The van der Waals surface area contributed by atoms with E-state index in [0.29, 0.717) is 36.7 Å². The normalized spacial score (nSPS) is 18.7. The second-order valence-electron chi connectivity index (χ2n) is 7.81. The third kappa shape index (κ3) is 3.67. The monoisotopic (exact) mass is 454 g/mol.